The summed E-state index contributed by atoms with van der Waals surface area (Å²) in [6.45, 7) is 2.24. The average Bonchev–Trinajstić information content (AvgIpc) is 2.76. The van der Waals surface area contributed by atoms with Crippen LogP contribution in [0.2, 0.25) is 0 Å². The van der Waals surface area contributed by atoms with Crippen LogP contribution < -0.4 is 5.32 Å². The van der Waals surface area contributed by atoms with Gasteiger partial charge in [-0.1, -0.05) is 6.92 Å². The fraction of sp³-hybridized carbons (Fsp3) is 0.875. The maximum Gasteiger partial charge on any atom is 0.223 e. The molecule has 1 N–H and O–H groups in total. The predicted molar refractivity (Wildman–Crippen MR) is 38.4 cm³/mol. The van der Waals surface area contributed by atoms with E-state index in [1.165, 1.54) is 6.42 Å². The smallest absolute Gasteiger partial charge is 0.223 e. The summed E-state index contributed by atoms with van der Waals surface area (Å²) in [5.41, 5.74) is 0.486. The summed E-state index contributed by atoms with van der Waals surface area (Å²) in [6, 6.07) is 0. The van der Waals surface area contributed by atoms with E-state index in [9.17, 15) is 4.79 Å². The van der Waals surface area contributed by atoms with E-state index in [0.29, 0.717) is 11.3 Å². The van der Waals surface area contributed by atoms with Crippen molar-refractivity contribution >= 4 is 5.91 Å². The highest BCUT2D eigenvalue weighted by Gasteiger charge is 2.70. The van der Waals surface area contributed by atoms with Crippen molar-refractivity contribution in [3.8, 4) is 0 Å². The Bertz CT molecular complexity index is 190. The minimum absolute atomic E-state index is 0.254. The van der Waals surface area contributed by atoms with E-state index in [-0.39, 0.29) is 5.91 Å². The quantitative estimate of drug-likeness (QED) is 0.571. The lowest BCUT2D eigenvalue weighted by molar-refractivity contribution is -0.122. The molecule has 2 heteroatoms. The molecule has 1 unspecified atom stereocenters. The molecule has 1 amide bonds. The van der Waals surface area contributed by atoms with Gasteiger partial charge in [-0.2, -0.15) is 0 Å². The topological polar surface area (TPSA) is 29.1 Å². The SMILES string of the molecule is CNC(=O)[C@H]1C[C@@]12CC2C. The van der Waals surface area contributed by atoms with Crippen LogP contribution in [0.3, 0.4) is 0 Å². The highest BCUT2D eigenvalue weighted by molar-refractivity contribution is 5.83. The number of carbonyl (C=O) groups excluding carboxylic acids is 1. The first-order chi connectivity index (χ1) is 4.70. The summed E-state index contributed by atoms with van der Waals surface area (Å²) < 4.78 is 0. The number of hydrogen-bond acceptors (Lipinski definition) is 1. The Labute approximate surface area is 61.0 Å². The number of carbonyl (C=O) groups is 1. The zero-order valence-electron chi connectivity index (χ0n) is 6.48. The van der Waals surface area contributed by atoms with Gasteiger partial charge in [-0.3, -0.25) is 4.79 Å². The molecule has 56 valence electrons. The van der Waals surface area contributed by atoms with Gasteiger partial charge < -0.3 is 5.32 Å². The molecule has 0 bridgehead atoms. The maximum atomic E-state index is 11.1. The van der Waals surface area contributed by atoms with Crippen LogP contribution in [0.1, 0.15) is 19.8 Å². The van der Waals surface area contributed by atoms with Gasteiger partial charge in [-0.25, -0.2) is 0 Å². The van der Waals surface area contributed by atoms with Crippen LogP contribution in [0.4, 0.5) is 0 Å². The maximum absolute atomic E-state index is 11.1. The van der Waals surface area contributed by atoms with E-state index in [2.05, 4.69) is 12.2 Å². The van der Waals surface area contributed by atoms with Gasteiger partial charge >= 0.3 is 0 Å². The predicted octanol–water partition coefficient (Wildman–Crippen LogP) is 0.778. The van der Waals surface area contributed by atoms with Crippen molar-refractivity contribution in [2.75, 3.05) is 7.05 Å². The van der Waals surface area contributed by atoms with Crippen LogP contribution in [-0.2, 0) is 4.79 Å². The summed E-state index contributed by atoms with van der Waals surface area (Å²) in [5.74, 6) is 1.44. The van der Waals surface area contributed by atoms with E-state index in [0.717, 1.165) is 12.3 Å². The minimum atomic E-state index is 0.254. The molecule has 3 atom stereocenters. The Morgan fingerprint density at radius 1 is 1.60 bits per heavy atom. The summed E-state index contributed by atoms with van der Waals surface area (Å²) >= 11 is 0. The molecule has 0 heterocycles. The van der Waals surface area contributed by atoms with Crippen LogP contribution in [0.25, 0.3) is 0 Å². The Kier molecular flexibility index (Phi) is 0.960. The second kappa shape index (κ2) is 1.55. The van der Waals surface area contributed by atoms with Gasteiger partial charge in [0.1, 0.15) is 0 Å². The third-order valence-corrected chi connectivity index (χ3v) is 3.19. The lowest BCUT2D eigenvalue weighted by Crippen LogP contribution is -2.20. The average molecular weight is 139 g/mol. The van der Waals surface area contributed by atoms with Crippen molar-refractivity contribution in [2.45, 2.75) is 19.8 Å². The molecule has 2 saturated carbocycles. The van der Waals surface area contributed by atoms with Gasteiger partial charge in [0, 0.05) is 13.0 Å². The molecule has 2 rings (SSSR count). The molecule has 0 radical (unpaired) electrons. The zero-order valence-corrected chi connectivity index (χ0v) is 6.48. The monoisotopic (exact) mass is 139 g/mol. The molecular weight excluding hydrogens is 126 g/mol. The Balaban J connectivity index is 1.97. The number of nitrogens with one attached hydrogen (secondary N) is 1. The van der Waals surface area contributed by atoms with E-state index >= 15 is 0 Å². The first kappa shape index (κ1) is 6.20. The molecular formula is C8H13NO. The molecule has 0 aromatic carbocycles. The van der Waals surface area contributed by atoms with E-state index in [4.69, 9.17) is 0 Å². The molecule has 2 nitrogen and oxygen atoms in total. The number of rotatable bonds is 1. The van der Waals surface area contributed by atoms with Crippen LogP contribution >= 0.6 is 0 Å². The largest absolute Gasteiger partial charge is 0.359 e. The standard InChI is InChI=1S/C8H13NO/c1-5-3-8(5)4-6(8)7(10)9-2/h5-6H,3-4H2,1-2H3,(H,9,10)/t5?,6-,8-/m1/s1. The van der Waals surface area contributed by atoms with Crippen molar-refractivity contribution in [1.29, 1.82) is 0 Å². The Morgan fingerprint density at radius 2 is 2.20 bits per heavy atom. The lowest BCUT2D eigenvalue weighted by atomic mass is 10.2. The summed E-state index contributed by atoms with van der Waals surface area (Å²) in [5, 5.41) is 2.70. The van der Waals surface area contributed by atoms with Crippen molar-refractivity contribution in [2.24, 2.45) is 17.3 Å². The molecule has 0 aromatic rings. The van der Waals surface area contributed by atoms with Crippen LogP contribution in [0, 0.1) is 17.3 Å². The molecule has 2 aliphatic rings. The minimum Gasteiger partial charge on any atom is -0.359 e. The lowest BCUT2D eigenvalue weighted by Gasteiger charge is -1.94. The first-order valence-corrected chi connectivity index (χ1v) is 3.92. The second-order valence-electron chi connectivity index (χ2n) is 3.71. The van der Waals surface area contributed by atoms with Crippen molar-refractivity contribution < 1.29 is 4.79 Å². The highest BCUT2D eigenvalue weighted by Crippen LogP contribution is 2.74. The molecule has 0 saturated heterocycles. The van der Waals surface area contributed by atoms with Gasteiger partial charge in [-0.05, 0) is 24.2 Å². The summed E-state index contributed by atoms with van der Waals surface area (Å²) in [7, 11) is 1.72. The summed E-state index contributed by atoms with van der Waals surface area (Å²) in [4.78, 5) is 11.1. The first-order valence-electron chi connectivity index (χ1n) is 3.92. The van der Waals surface area contributed by atoms with Gasteiger partial charge in [0.05, 0.1) is 0 Å². The van der Waals surface area contributed by atoms with Gasteiger partial charge in [0.2, 0.25) is 5.91 Å². The van der Waals surface area contributed by atoms with E-state index in [1.54, 1.807) is 7.05 Å². The van der Waals surface area contributed by atoms with E-state index in [1.807, 2.05) is 0 Å². The van der Waals surface area contributed by atoms with E-state index < -0.39 is 0 Å². The van der Waals surface area contributed by atoms with Gasteiger partial charge in [-0.15, -0.1) is 0 Å². The highest BCUT2D eigenvalue weighted by atomic mass is 16.2. The Morgan fingerprint density at radius 3 is 2.50 bits per heavy atom. The Hall–Kier alpha value is -0.530. The molecule has 0 aromatic heterocycles. The molecule has 1 spiro atoms. The number of hydrogen-bond donors (Lipinski definition) is 1. The van der Waals surface area contributed by atoms with Crippen LogP contribution in [0.5, 0.6) is 0 Å². The normalized spacial score (nSPS) is 49.0. The van der Waals surface area contributed by atoms with Crippen molar-refractivity contribution in [3.63, 3.8) is 0 Å². The fourth-order valence-corrected chi connectivity index (χ4v) is 2.13. The van der Waals surface area contributed by atoms with Crippen molar-refractivity contribution in [1.82, 2.24) is 5.32 Å². The van der Waals surface area contributed by atoms with Gasteiger partial charge in [0.25, 0.3) is 0 Å². The van der Waals surface area contributed by atoms with Crippen molar-refractivity contribution in [3.05, 3.63) is 0 Å². The van der Waals surface area contributed by atoms with Crippen LogP contribution in [0.15, 0.2) is 0 Å². The molecule has 0 aliphatic heterocycles. The molecule has 10 heavy (non-hydrogen) atoms. The van der Waals surface area contributed by atoms with Crippen LogP contribution in [-0.4, -0.2) is 13.0 Å². The number of amides is 1. The third-order valence-electron chi connectivity index (χ3n) is 3.19. The summed E-state index contributed by atoms with van der Waals surface area (Å²) in [6.07, 6.45) is 2.43. The molecule has 2 fully saturated rings. The van der Waals surface area contributed by atoms with Gasteiger partial charge in [0.15, 0.2) is 0 Å². The third kappa shape index (κ3) is 0.568. The fourth-order valence-electron chi connectivity index (χ4n) is 2.13. The second-order valence-corrected chi connectivity index (χ2v) is 3.71. The zero-order chi connectivity index (χ0) is 7.35. The molecule has 2 aliphatic carbocycles.